The van der Waals surface area contributed by atoms with Crippen molar-refractivity contribution in [2.75, 3.05) is 7.11 Å². The predicted octanol–water partition coefficient (Wildman–Crippen LogP) is 1.61. The second-order valence-corrected chi connectivity index (χ2v) is 7.75. The number of benzene rings is 1. The van der Waals surface area contributed by atoms with E-state index in [2.05, 4.69) is 10.3 Å². The third kappa shape index (κ3) is 3.85. The van der Waals surface area contributed by atoms with Gasteiger partial charge in [-0.25, -0.2) is 4.79 Å². The molecule has 0 bridgehead atoms. The van der Waals surface area contributed by atoms with Crippen LogP contribution in [0.3, 0.4) is 0 Å². The minimum Gasteiger partial charge on any atom is -0.497 e. The number of rotatable bonds is 6. The Hall–Kier alpha value is -3.07. The van der Waals surface area contributed by atoms with E-state index in [-0.39, 0.29) is 40.9 Å². The van der Waals surface area contributed by atoms with Crippen LogP contribution >= 0.6 is 11.6 Å². The molecule has 160 valence electrons. The highest BCUT2D eigenvalue weighted by atomic mass is 35.5. The van der Waals surface area contributed by atoms with Crippen molar-refractivity contribution in [3.63, 3.8) is 0 Å². The Labute approximate surface area is 177 Å². The molecule has 0 aliphatic carbocycles. The third-order valence-corrected chi connectivity index (χ3v) is 5.35. The topological polar surface area (TPSA) is 100 Å². The highest BCUT2D eigenvalue weighted by Gasteiger charge is 2.22. The van der Waals surface area contributed by atoms with Crippen LogP contribution in [0.25, 0.3) is 11.2 Å². The number of nitrogens with one attached hydrogen (secondary N) is 1. The Bertz CT molecular complexity index is 1210. The van der Waals surface area contributed by atoms with Crippen molar-refractivity contribution in [2.24, 2.45) is 20.0 Å². The molecule has 3 rings (SSSR count). The molecule has 1 atom stereocenters. The summed E-state index contributed by atoms with van der Waals surface area (Å²) >= 11 is 6.20. The summed E-state index contributed by atoms with van der Waals surface area (Å²) in [5.74, 6) is 0.512. The summed E-state index contributed by atoms with van der Waals surface area (Å²) in [5, 5.41) is 2.96. The first kappa shape index (κ1) is 21.6. The van der Waals surface area contributed by atoms with Crippen molar-refractivity contribution < 1.29 is 9.53 Å². The van der Waals surface area contributed by atoms with Crippen molar-refractivity contribution in [2.45, 2.75) is 26.4 Å². The van der Waals surface area contributed by atoms with E-state index < -0.39 is 11.2 Å². The number of aryl methyl sites for hydroxylation is 1. The molecule has 1 N–H and O–H groups in total. The molecule has 2 heterocycles. The second-order valence-electron chi connectivity index (χ2n) is 7.41. The first-order valence-corrected chi connectivity index (χ1v) is 9.78. The number of aromatic nitrogens is 4. The van der Waals surface area contributed by atoms with Crippen LogP contribution in [0.1, 0.15) is 25.5 Å². The summed E-state index contributed by atoms with van der Waals surface area (Å²) in [6.07, 6.45) is 0. The smallest absolute Gasteiger partial charge is 0.332 e. The summed E-state index contributed by atoms with van der Waals surface area (Å²) in [7, 11) is 4.46. The number of methoxy groups -OCH3 is 1. The summed E-state index contributed by atoms with van der Waals surface area (Å²) in [6, 6.07) is 7.22. The fourth-order valence-electron chi connectivity index (χ4n) is 3.37. The van der Waals surface area contributed by atoms with Crippen molar-refractivity contribution in [3.05, 3.63) is 56.0 Å². The van der Waals surface area contributed by atoms with Gasteiger partial charge in [0.05, 0.1) is 13.2 Å². The molecule has 1 unspecified atom stereocenters. The molecule has 1 aromatic carbocycles. The zero-order chi connectivity index (χ0) is 22.2. The summed E-state index contributed by atoms with van der Waals surface area (Å²) < 4.78 is 8.69. The van der Waals surface area contributed by atoms with Gasteiger partial charge in [-0.2, -0.15) is 4.98 Å². The van der Waals surface area contributed by atoms with E-state index in [0.717, 1.165) is 15.9 Å². The SMILES string of the molecule is COc1ccc(C(NC(=O)Cn2c(Cl)nc3c2c(=O)n(C)c(=O)n3C)C(C)C)cc1. The molecule has 9 nitrogen and oxygen atoms in total. The van der Waals surface area contributed by atoms with Crippen LogP contribution < -0.4 is 21.3 Å². The predicted molar refractivity (Wildman–Crippen MR) is 114 cm³/mol. The number of carbonyl (C=O) groups excluding carboxylic acids is 1. The summed E-state index contributed by atoms with van der Waals surface area (Å²) in [4.78, 5) is 41.7. The van der Waals surface area contributed by atoms with E-state index in [4.69, 9.17) is 16.3 Å². The van der Waals surface area contributed by atoms with E-state index in [1.807, 2.05) is 38.1 Å². The highest BCUT2D eigenvalue weighted by Crippen LogP contribution is 2.24. The number of hydrogen-bond acceptors (Lipinski definition) is 5. The number of nitrogens with zero attached hydrogens (tertiary/aromatic N) is 4. The van der Waals surface area contributed by atoms with E-state index in [9.17, 15) is 14.4 Å². The maximum atomic E-state index is 12.8. The number of halogens is 1. The fourth-order valence-corrected chi connectivity index (χ4v) is 3.60. The van der Waals surface area contributed by atoms with Gasteiger partial charge in [0.2, 0.25) is 11.2 Å². The average molecular weight is 434 g/mol. The van der Waals surface area contributed by atoms with Crippen molar-refractivity contribution in [3.8, 4) is 5.75 Å². The maximum Gasteiger partial charge on any atom is 0.332 e. The molecule has 2 aromatic heterocycles. The van der Waals surface area contributed by atoms with Crippen LogP contribution in [-0.4, -0.2) is 31.7 Å². The monoisotopic (exact) mass is 433 g/mol. The molecule has 30 heavy (non-hydrogen) atoms. The number of imidazole rings is 1. The van der Waals surface area contributed by atoms with Gasteiger partial charge in [0.25, 0.3) is 5.56 Å². The molecular formula is C20H24ClN5O4. The molecule has 0 aliphatic rings. The third-order valence-electron chi connectivity index (χ3n) is 5.06. The second kappa shape index (κ2) is 8.35. The zero-order valence-electron chi connectivity index (χ0n) is 17.5. The first-order valence-electron chi connectivity index (χ1n) is 9.40. The van der Waals surface area contributed by atoms with Crippen molar-refractivity contribution in [1.29, 1.82) is 0 Å². The standard InChI is InChI=1S/C20H24ClN5O4/c1-11(2)15(12-6-8-13(30-5)9-7-12)22-14(27)10-26-16-17(23-19(26)21)24(3)20(29)25(4)18(16)28/h6-9,11,15H,10H2,1-5H3,(H,22,27). The molecule has 0 radical (unpaired) electrons. The first-order chi connectivity index (χ1) is 14.1. The van der Waals surface area contributed by atoms with Gasteiger partial charge in [0, 0.05) is 14.1 Å². The van der Waals surface area contributed by atoms with Crippen molar-refractivity contribution >= 4 is 28.7 Å². The minimum atomic E-state index is -0.559. The highest BCUT2D eigenvalue weighted by molar-refractivity contribution is 6.29. The number of carbonyl (C=O) groups is 1. The van der Waals surface area contributed by atoms with Crippen LogP contribution in [-0.2, 0) is 25.4 Å². The molecule has 10 heteroatoms. The van der Waals surface area contributed by atoms with Gasteiger partial charge < -0.3 is 10.1 Å². The molecule has 0 spiro atoms. The van der Waals surface area contributed by atoms with Crippen LogP contribution in [0.15, 0.2) is 33.9 Å². The Kier molecular flexibility index (Phi) is 6.02. The molecule has 0 aliphatic heterocycles. The summed E-state index contributed by atoms with van der Waals surface area (Å²) in [6.45, 7) is 3.79. The normalized spacial score (nSPS) is 12.4. The quantitative estimate of drug-likeness (QED) is 0.595. The van der Waals surface area contributed by atoms with Gasteiger partial charge in [0.1, 0.15) is 12.3 Å². The van der Waals surface area contributed by atoms with Gasteiger partial charge in [-0.05, 0) is 35.2 Å². The lowest BCUT2D eigenvalue weighted by molar-refractivity contribution is -0.122. The Morgan fingerprint density at radius 2 is 1.80 bits per heavy atom. The van der Waals surface area contributed by atoms with Crippen molar-refractivity contribution in [1.82, 2.24) is 24.0 Å². The van der Waals surface area contributed by atoms with Crippen LogP contribution in [0, 0.1) is 5.92 Å². The number of amides is 1. The van der Waals surface area contributed by atoms with E-state index in [1.165, 1.54) is 23.2 Å². The summed E-state index contributed by atoms with van der Waals surface area (Å²) in [5.41, 5.74) is 0.0920. The molecular weight excluding hydrogens is 410 g/mol. The number of fused-ring (bicyclic) bond motifs is 1. The Balaban J connectivity index is 1.93. The maximum absolute atomic E-state index is 12.8. The van der Waals surface area contributed by atoms with E-state index >= 15 is 0 Å². The lowest BCUT2D eigenvalue weighted by Crippen LogP contribution is -2.38. The fraction of sp³-hybridized carbons (Fsp3) is 0.400. The number of ether oxygens (including phenoxy) is 1. The molecule has 0 saturated carbocycles. The number of hydrogen-bond donors (Lipinski definition) is 1. The van der Waals surface area contributed by atoms with Crippen LogP contribution in [0.2, 0.25) is 5.28 Å². The van der Waals surface area contributed by atoms with Gasteiger partial charge in [0.15, 0.2) is 11.2 Å². The molecule has 0 saturated heterocycles. The lowest BCUT2D eigenvalue weighted by Gasteiger charge is -2.23. The van der Waals surface area contributed by atoms with E-state index in [1.54, 1.807) is 7.11 Å². The van der Waals surface area contributed by atoms with Gasteiger partial charge in [-0.15, -0.1) is 0 Å². The van der Waals surface area contributed by atoms with Gasteiger partial charge >= 0.3 is 5.69 Å². The van der Waals surface area contributed by atoms with Crippen LogP contribution in [0.5, 0.6) is 5.75 Å². The van der Waals surface area contributed by atoms with Crippen LogP contribution in [0.4, 0.5) is 0 Å². The van der Waals surface area contributed by atoms with Gasteiger partial charge in [-0.3, -0.25) is 23.3 Å². The molecule has 1 amide bonds. The average Bonchev–Trinajstić information content (AvgIpc) is 3.05. The Morgan fingerprint density at radius 3 is 2.37 bits per heavy atom. The Morgan fingerprint density at radius 1 is 1.17 bits per heavy atom. The largest absolute Gasteiger partial charge is 0.497 e. The zero-order valence-corrected chi connectivity index (χ0v) is 18.2. The molecule has 3 aromatic rings. The lowest BCUT2D eigenvalue weighted by atomic mass is 9.96. The van der Waals surface area contributed by atoms with Gasteiger partial charge in [-0.1, -0.05) is 26.0 Å². The molecule has 0 fully saturated rings. The van der Waals surface area contributed by atoms with E-state index in [0.29, 0.717) is 0 Å². The minimum absolute atomic E-state index is 0.0380.